The Morgan fingerprint density at radius 2 is 2.17 bits per heavy atom. The average molecular weight is 244 g/mol. The summed E-state index contributed by atoms with van der Waals surface area (Å²) in [6.07, 6.45) is 2.19. The van der Waals surface area contributed by atoms with Crippen LogP contribution in [0.2, 0.25) is 0 Å². The molecule has 4 heteroatoms. The molecule has 2 aromatic rings. The summed E-state index contributed by atoms with van der Waals surface area (Å²) in [4.78, 5) is 15.1. The minimum atomic E-state index is -0.0212. The van der Waals surface area contributed by atoms with Gasteiger partial charge in [0.25, 0.3) is 5.91 Å². The van der Waals surface area contributed by atoms with Gasteiger partial charge in [-0.05, 0) is 37.5 Å². The van der Waals surface area contributed by atoms with Gasteiger partial charge >= 0.3 is 0 Å². The summed E-state index contributed by atoms with van der Waals surface area (Å²) in [5.74, 6) is 0.781. The molecule has 1 heterocycles. The normalized spacial score (nSPS) is 14.8. The highest BCUT2D eigenvalue weighted by Crippen LogP contribution is 2.26. The van der Waals surface area contributed by atoms with Gasteiger partial charge in [-0.3, -0.25) is 4.79 Å². The summed E-state index contributed by atoms with van der Waals surface area (Å²) in [5, 5.41) is 4.04. The number of carbonyl (C=O) groups is 1. The molecule has 0 radical (unpaired) electrons. The molecule has 0 unspecified atom stereocenters. The van der Waals surface area contributed by atoms with Crippen molar-refractivity contribution in [2.24, 2.45) is 0 Å². The number of fused-ring (bicyclic) bond motifs is 1. The lowest BCUT2D eigenvalue weighted by molar-refractivity contribution is 0.0947. The molecule has 4 nitrogen and oxygen atoms in total. The van der Waals surface area contributed by atoms with Crippen LogP contribution in [0.3, 0.4) is 0 Å². The molecular weight excluding hydrogens is 228 g/mol. The van der Waals surface area contributed by atoms with Crippen molar-refractivity contribution < 1.29 is 9.53 Å². The van der Waals surface area contributed by atoms with Gasteiger partial charge in [-0.1, -0.05) is 0 Å². The van der Waals surface area contributed by atoms with Crippen molar-refractivity contribution in [3.8, 4) is 5.75 Å². The largest absolute Gasteiger partial charge is 0.497 e. The first-order valence-corrected chi connectivity index (χ1v) is 6.15. The summed E-state index contributed by atoms with van der Waals surface area (Å²) >= 11 is 0. The Hall–Kier alpha value is -1.97. The third kappa shape index (κ3) is 1.94. The van der Waals surface area contributed by atoms with Crippen molar-refractivity contribution in [3.05, 3.63) is 29.5 Å². The zero-order chi connectivity index (χ0) is 12.7. The average Bonchev–Trinajstić information content (AvgIpc) is 3.05. The van der Waals surface area contributed by atoms with E-state index < -0.39 is 0 Å². The first-order valence-electron chi connectivity index (χ1n) is 6.15. The monoisotopic (exact) mass is 244 g/mol. The van der Waals surface area contributed by atoms with Crippen LogP contribution >= 0.6 is 0 Å². The quantitative estimate of drug-likeness (QED) is 0.871. The number of carbonyl (C=O) groups excluding carboxylic acids is 1. The van der Waals surface area contributed by atoms with Gasteiger partial charge in [0.05, 0.1) is 7.11 Å². The molecule has 0 aliphatic heterocycles. The highest BCUT2D eigenvalue weighted by atomic mass is 16.5. The Labute approximate surface area is 105 Å². The molecule has 1 aliphatic rings. The predicted octanol–water partition coefficient (Wildman–Crippen LogP) is 2.38. The van der Waals surface area contributed by atoms with E-state index in [4.69, 9.17) is 4.74 Å². The molecule has 0 spiro atoms. The maximum Gasteiger partial charge on any atom is 0.267 e. The number of methoxy groups -OCH3 is 1. The second kappa shape index (κ2) is 4.05. The smallest absolute Gasteiger partial charge is 0.267 e. The number of ether oxygens (including phenoxy) is 1. The van der Waals surface area contributed by atoms with E-state index in [0.717, 1.165) is 35.1 Å². The molecule has 1 aromatic heterocycles. The van der Waals surface area contributed by atoms with Crippen LogP contribution in [0.5, 0.6) is 5.75 Å². The zero-order valence-corrected chi connectivity index (χ0v) is 10.5. The fourth-order valence-corrected chi connectivity index (χ4v) is 2.12. The summed E-state index contributed by atoms with van der Waals surface area (Å²) in [6, 6.07) is 6.16. The van der Waals surface area contributed by atoms with Gasteiger partial charge in [0.2, 0.25) is 0 Å². The van der Waals surface area contributed by atoms with Crippen molar-refractivity contribution in [1.82, 2.24) is 10.3 Å². The first-order chi connectivity index (χ1) is 8.67. The molecule has 1 aliphatic carbocycles. The van der Waals surface area contributed by atoms with Crippen molar-refractivity contribution in [2.45, 2.75) is 25.8 Å². The van der Waals surface area contributed by atoms with Gasteiger partial charge in [0.1, 0.15) is 11.4 Å². The van der Waals surface area contributed by atoms with Crippen LogP contribution in [0.4, 0.5) is 0 Å². The summed E-state index contributed by atoms with van der Waals surface area (Å²) in [6.45, 7) is 2.02. The fraction of sp³-hybridized carbons (Fsp3) is 0.357. The molecule has 1 fully saturated rings. The third-order valence-electron chi connectivity index (χ3n) is 3.31. The van der Waals surface area contributed by atoms with Gasteiger partial charge < -0.3 is 15.0 Å². The van der Waals surface area contributed by atoms with Crippen LogP contribution in [0, 0.1) is 6.92 Å². The topological polar surface area (TPSA) is 54.1 Å². The van der Waals surface area contributed by atoms with Crippen LogP contribution in [0.25, 0.3) is 10.9 Å². The van der Waals surface area contributed by atoms with Crippen LogP contribution in [0.15, 0.2) is 18.2 Å². The predicted molar refractivity (Wildman–Crippen MR) is 70.1 cm³/mol. The summed E-state index contributed by atoms with van der Waals surface area (Å²) < 4.78 is 5.23. The van der Waals surface area contributed by atoms with Crippen molar-refractivity contribution in [2.75, 3.05) is 7.11 Å². The van der Waals surface area contributed by atoms with E-state index in [1.807, 2.05) is 25.1 Å². The maximum absolute atomic E-state index is 12.0. The number of rotatable bonds is 3. The zero-order valence-electron chi connectivity index (χ0n) is 10.5. The number of hydrogen-bond donors (Lipinski definition) is 2. The van der Waals surface area contributed by atoms with Gasteiger partial charge in [-0.25, -0.2) is 0 Å². The van der Waals surface area contributed by atoms with Crippen molar-refractivity contribution in [1.29, 1.82) is 0 Å². The van der Waals surface area contributed by atoms with E-state index in [1.165, 1.54) is 0 Å². The molecule has 2 N–H and O–H groups in total. The van der Waals surface area contributed by atoms with Crippen molar-refractivity contribution >= 4 is 16.8 Å². The van der Waals surface area contributed by atoms with E-state index in [2.05, 4.69) is 10.3 Å². The number of amides is 1. The molecule has 94 valence electrons. The second-order valence-corrected chi connectivity index (χ2v) is 4.84. The van der Waals surface area contributed by atoms with E-state index in [1.54, 1.807) is 7.11 Å². The lowest BCUT2D eigenvalue weighted by atomic mass is 10.1. The Bertz CT molecular complexity index is 612. The number of nitrogens with one attached hydrogen (secondary N) is 2. The fourth-order valence-electron chi connectivity index (χ4n) is 2.12. The van der Waals surface area contributed by atoms with Crippen LogP contribution in [-0.4, -0.2) is 24.0 Å². The summed E-state index contributed by atoms with van der Waals surface area (Å²) in [5.41, 5.74) is 2.66. The number of aromatic amines is 1. The molecule has 1 saturated carbocycles. The molecule has 1 amide bonds. The number of benzene rings is 1. The number of aryl methyl sites for hydroxylation is 1. The number of hydrogen-bond acceptors (Lipinski definition) is 2. The summed E-state index contributed by atoms with van der Waals surface area (Å²) in [7, 11) is 1.64. The number of H-pyrrole nitrogens is 1. The first kappa shape index (κ1) is 11.1. The van der Waals surface area contributed by atoms with Gasteiger partial charge in [-0.2, -0.15) is 0 Å². The van der Waals surface area contributed by atoms with E-state index >= 15 is 0 Å². The van der Waals surface area contributed by atoms with E-state index in [0.29, 0.717) is 11.7 Å². The molecule has 0 atom stereocenters. The van der Waals surface area contributed by atoms with Crippen LogP contribution in [-0.2, 0) is 0 Å². The van der Waals surface area contributed by atoms with E-state index in [9.17, 15) is 4.79 Å². The molecule has 3 rings (SSSR count). The molecular formula is C14H16N2O2. The van der Waals surface area contributed by atoms with Crippen molar-refractivity contribution in [3.63, 3.8) is 0 Å². The van der Waals surface area contributed by atoms with Crippen LogP contribution in [0.1, 0.15) is 28.9 Å². The highest BCUT2D eigenvalue weighted by Gasteiger charge is 2.24. The van der Waals surface area contributed by atoms with Crippen LogP contribution < -0.4 is 10.1 Å². The minimum Gasteiger partial charge on any atom is -0.497 e. The van der Waals surface area contributed by atoms with E-state index in [-0.39, 0.29) is 5.91 Å². The third-order valence-corrected chi connectivity index (χ3v) is 3.31. The second-order valence-electron chi connectivity index (χ2n) is 4.84. The SMILES string of the molecule is COc1cc(C)c2cc(C(=O)NC3CC3)[nH]c2c1. The molecule has 1 aromatic carbocycles. The molecule has 0 bridgehead atoms. The molecule has 18 heavy (non-hydrogen) atoms. The minimum absolute atomic E-state index is 0.0212. The highest BCUT2D eigenvalue weighted by molar-refractivity contribution is 5.99. The Balaban J connectivity index is 1.98. The Kier molecular flexibility index (Phi) is 2.51. The maximum atomic E-state index is 12.0. The lowest BCUT2D eigenvalue weighted by Crippen LogP contribution is -2.25. The van der Waals surface area contributed by atoms with Gasteiger partial charge in [0, 0.05) is 23.0 Å². The molecule has 0 saturated heterocycles. The number of aromatic nitrogens is 1. The standard InChI is InChI=1S/C14H16N2O2/c1-8-5-10(18-2)6-12-11(8)7-13(16-12)14(17)15-9-3-4-9/h5-7,9,16H,3-4H2,1-2H3,(H,15,17). The Morgan fingerprint density at radius 1 is 1.39 bits per heavy atom. The Morgan fingerprint density at radius 3 is 2.83 bits per heavy atom. The lowest BCUT2D eigenvalue weighted by Gasteiger charge is -2.01. The van der Waals surface area contributed by atoms with Gasteiger partial charge in [-0.15, -0.1) is 0 Å². The van der Waals surface area contributed by atoms with Gasteiger partial charge in [0.15, 0.2) is 0 Å².